The van der Waals surface area contributed by atoms with E-state index in [2.05, 4.69) is 4.90 Å². The third-order valence-electron chi connectivity index (χ3n) is 3.30. The minimum atomic E-state index is 0.0973. The summed E-state index contributed by atoms with van der Waals surface area (Å²) in [5.41, 5.74) is 5.57. The first-order chi connectivity index (χ1) is 7.79. The standard InChI is InChI=1S/C11H21N3O2/c12-7-10-8-13(5-6-16-10)9-11(15)14-3-1-2-4-14/h10H,1-9,12H2. The Morgan fingerprint density at radius 2 is 2.06 bits per heavy atom. The van der Waals surface area contributed by atoms with Gasteiger partial charge in [0.25, 0.3) is 0 Å². The van der Waals surface area contributed by atoms with Crippen LogP contribution in [0.3, 0.4) is 0 Å². The van der Waals surface area contributed by atoms with E-state index in [0.717, 1.165) is 39.0 Å². The minimum absolute atomic E-state index is 0.0973. The van der Waals surface area contributed by atoms with Gasteiger partial charge in [0.1, 0.15) is 0 Å². The second-order valence-electron chi connectivity index (χ2n) is 4.55. The smallest absolute Gasteiger partial charge is 0.236 e. The van der Waals surface area contributed by atoms with Crippen molar-refractivity contribution in [1.29, 1.82) is 0 Å². The van der Waals surface area contributed by atoms with Crippen LogP contribution < -0.4 is 5.73 Å². The fraction of sp³-hybridized carbons (Fsp3) is 0.909. The number of carbonyl (C=O) groups is 1. The molecule has 0 aromatic rings. The van der Waals surface area contributed by atoms with Gasteiger partial charge in [0, 0.05) is 32.7 Å². The molecule has 2 saturated heterocycles. The zero-order valence-electron chi connectivity index (χ0n) is 9.73. The quantitative estimate of drug-likeness (QED) is 0.690. The van der Waals surface area contributed by atoms with E-state index >= 15 is 0 Å². The summed E-state index contributed by atoms with van der Waals surface area (Å²) >= 11 is 0. The number of carbonyl (C=O) groups excluding carboxylic acids is 1. The summed E-state index contributed by atoms with van der Waals surface area (Å²) in [6.45, 7) is 5.25. The molecule has 2 rings (SSSR count). The van der Waals surface area contributed by atoms with Crippen LogP contribution in [-0.2, 0) is 9.53 Å². The number of amides is 1. The summed E-state index contributed by atoms with van der Waals surface area (Å²) in [6.07, 6.45) is 2.40. The van der Waals surface area contributed by atoms with Crippen LogP contribution in [0.2, 0.25) is 0 Å². The predicted molar refractivity (Wildman–Crippen MR) is 61.0 cm³/mol. The summed E-state index contributed by atoms with van der Waals surface area (Å²) in [7, 11) is 0. The molecule has 0 aromatic carbocycles. The SMILES string of the molecule is NCC1CN(CC(=O)N2CCCC2)CCO1. The Morgan fingerprint density at radius 1 is 1.31 bits per heavy atom. The van der Waals surface area contributed by atoms with Gasteiger partial charge in [-0.15, -0.1) is 0 Å². The monoisotopic (exact) mass is 227 g/mol. The lowest BCUT2D eigenvalue weighted by atomic mass is 10.2. The second-order valence-corrected chi connectivity index (χ2v) is 4.55. The Morgan fingerprint density at radius 3 is 2.75 bits per heavy atom. The van der Waals surface area contributed by atoms with Crippen LogP contribution in [0.25, 0.3) is 0 Å². The number of ether oxygens (including phenoxy) is 1. The lowest BCUT2D eigenvalue weighted by Crippen LogP contribution is -2.49. The zero-order valence-corrected chi connectivity index (χ0v) is 9.73. The first-order valence-electron chi connectivity index (χ1n) is 6.11. The molecule has 1 amide bonds. The third kappa shape index (κ3) is 2.93. The number of nitrogens with two attached hydrogens (primary N) is 1. The highest BCUT2D eigenvalue weighted by Crippen LogP contribution is 2.09. The van der Waals surface area contributed by atoms with E-state index in [4.69, 9.17) is 10.5 Å². The van der Waals surface area contributed by atoms with Crippen LogP contribution in [-0.4, -0.2) is 67.7 Å². The number of morpholine rings is 1. The molecule has 2 N–H and O–H groups in total. The molecule has 0 bridgehead atoms. The van der Waals surface area contributed by atoms with Gasteiger partial charge in [0.2, 0.25) is 5.91 Å². The molecule has 2 fully saturated rings. The van der Waals surface area contributed by atoms with E-state index < -0.39 is 0 Å². The number of rotatable bonds is 3. The Kier molecular flexibility index (Phi) is 4.15. The van der Waals surface area contributed by atoms with Crippen molar-refractivity contribution in [1.82, 2.24) is 9.80 Å². The van der Waals surface area contributed by atoms with Crippen molar-refractivity contribution in [3.05, 3.63) is 0 Å². The van der Waals surface area contributed by atoms with E-state index in [1.807, 2.05) is 4.90 Å². The van der Waals surface area contributed by atoms with Crippen LogP contribution in [0.15, 0.2) is 0 Å². The molecule has 0 aliphatic carbocycles. The van der Waals surface area contributed by atoms with Crippen LogP contribution in [0, 0.1) is 0 Å². The molecule has 2 heterocycles. The molecular weight excluding hydrogens is 206 g/mol. The van der Waals surface area contributed by atoms with Crippen LogP contribution in [0.4, 0.5) is 0 Å². The predicted octanol–water partition coefficient (Wildman–Crippen LogP) is -0.732. The number of hydrogen-bond acceptors (Lipinski definition) is 4. The lowest BCUT2D eigenvalue weighted by molar-refractivity contribution is -0.133. The largest absolute Gasteiger partial charge is 0.374 e. The number of likely N-dealkylation sites (tertiary alicyclic amines) is 1. The van der Waals surface area contributed by atoms with Crippen LogP contribution in [0.1, 0.15) is 12.8 Å². The minimum Gasteiger partial charge on any atom is -0.374 e. The van der Waals surface area contributed by atoms with Gasteiger partial charge in [0.05, 0.1) is 19.3 Å². The van der Waals surface area contributed by atoms with E-state index in [9.17, 15) is 4.79 Å². The van der Waals surface area contributed by atoms with Gasteiger partial charge >= 0.3 is 0 Å². The Balaban J connectivity index is 1.77. The molecule has 0 aromatic heterocycles. The highest BCUT2D eigenvalue weighted by atomic mass is 16.5. The van der Waals surface area contributed by atoms with Crippen LogP contribution in [0.5, 0.6) is 0 Å². The summed E-state index contributed by atoms with van der Waals surface area (Å²) in [4.78, 5) is 16.0. The number of nitrogens with zero attached hydrogens (tertiary/aromatic N) is 2. The summed E-state index contributed by atoms with van der Waals surface area (Å²) in [5, 5.41) is 0. The van der Waals surface area contributed by atoms with Crippen molar-refractivity contribution in [2.45, 2.75) is 18.9 Å². The van der Waals surface area contributed by atoms with E-state index in [1.54, 1.807) is 0 Å². The van der Waals surface area contributed by atoms with Gasteiger partial charge in [-0.3, -0.25) is 9.69 Å². The molecule has 16 heavy (non-hydrogen) atoms. The van der Waals surface area contributed by atoms with Crippen molar-refractivity contribution in [2.75, 3.05) is 45.9 Å². The van der Waals surface area contributed by atoms with Gasteiger partial charge in [0.15, 0.2) is 0 Å². The average Bonchev–Trinajstić information content (AvgIpc) is 2.83. The first-order valence-corrected chi connectivity index (χ1v) is 6.11. The van der Waals surface area contributed by atoms with Gasteiger partial charge < -0.3 is 15.4 Å². The topological polar surface area (TPSA) is 58.8 Å². The van der Waals surface area contributed by atoms with Crippen molar-refractivity contribution < 1.29 is 9.53 Å². The first kappa shape index (κ1) is 11.8. The number of hydrogen-bond donors (Lipinski definition) is 1. The molecule has 1 unspecified atom stereocenters. The van der Waals surface area contributed by atoms with Gasteiger partial charge in [-0.2, -0.15) is 0 Å². The highest BCUT2D eigenvalue weighted by molar-refractivity contribution is 5.78. The molecule has 2 aliphatic rings. The van der Waals surface area contributed by atoms with Crippen LogP contribution >= 0.6 is 0 Å². The fourth-order valence-corrected chi connectivity index (χ4v) is 2.32. The van der Waals surface area contributed by atoms with E-state index in [0.29, 0.717) is 19.7 Å². The van der Waals surface area contributed by atoms with Gasteiger partial charge in [-0.1, -0.05) is 0 Å². The molecule has 2 aliphatic heterocycles. The van der Waals surface area contributed by atoms with Crippen molar-refractivity contribution in [2.24, 2.45) is 5.73 Å². The summed E-state index contributed by atoms with van der Waals surface area (Å²) in [6, 6.07) is 0. The molecule has 5 heteroatoms. The molecule has 0 radical (unpaired) electrons. The van der Waals surface area contributed by atoms with E-state index in [-0.39, 0.29) is 12.0 Å². The van der Waals surface area contributed by atoms with Crippen molar-refractivity contribution in [3.63, 3.8) is 0 Å². The van der Waals surface area contributed by atoms with Gasteiger partial charge in [-0.05, 0) is 12.8 Å². The maximum absolute atomic E-state index is 11.9. The molecule has 1 atom stereocenters. The molecular formula is C11H21N3O2. The van der Waals surface area contributed by atoms with Crippen molar-refractivity contribution in [3.8, 4) is 0 Å². The molecule has 92 valence electrons. The second kappa shape index (κ2) is 5.61. The Bertz CT molecular complexity index is 241. The normalized spacial score (nSPS) is 27.3. The molecule has 0 saturated carbocycles. The summed E-state index contributed by atoms with van der Waals surface area (Å²) in [5.74, 6) is 0.259. The lowest BCUT2D eigenvalue weighted by Gasteiger charge is -2.32. The Hall–Kier alpha value is -0.650. The highest BCUT2D eigenvalue weighted by Gasteiger charge is 2.24. The fourth-order valence-electron chi connectivity index (χ4n) is 2.32. The van der Waals surface area contributed by atoms with Gasteiger partial charge in [-0.25, -0.2) is 0 Å². The zero-order chi connectivity index (χ0) is 11.4. The molecule has 5 nitrogen and oxygen atoms in total. The Labute approximate surface area is 96.5 Å². The summed E-state index contributed by atoms with van der Waals surface area (Å²) < 4.78 is 5.47. The third-order valence-corrected chi connectivity index (χ3v) is 3.30. The average molecular weight is 227 g/mol. The van der Waals surface area contributed by atoms with E-state index in [1.165, 1.54) is 0 Å². The molecule has 0 spiro atoms. The maximum atomic E-state index is 11.9. The van der Waals surface area contributed by atoms with Crippen molar-refractivity contribution >= 4 is 5.91 Å². The maximum Gasteiger partial charge on any atom is 0.236 e.